The molecule has 0 amide bonds. The second kappa shape index (κ2) is 6.24. The number of halogens is 1. The molecule has 0 bridgehead atoms. The van der Waals surface area contributed by atoms with Gasteiger partial charge >= 0.3 is 5.97 Å². The van der Waals surface area contributed by atoms with Crippen LogP contribution in [-0.2, 0) is 13.8 Å². The molecule has 0 saturated carbocycles. The van der Waals surface area contributed by atoms with E-state index in [1.807, 2.05) is 0 Å². The number of carbonyl (C=O) groups is 1. The van der Waals surface area contributed by atoms with E-state index in [4.69, 9.17) is 15.4 Å². The van der Waals surface area contributed by atoms with Gasteiger partial charge in [0, 0.05) is 16.2 Å². The van der Waals surface area contributed by atoms with E-state index < -0.39 is 15.0 Å². The van der Waals surface area contributed by atoms with Gasteiger partial charge in [-0.25, -0.2) is 18.2 Å². The summed E-state index contributed by atoms with van der Waals surface area (Å²) in [6.45, 7) is 1.88. The molecule has 0 spiro atoms. The summed E-state index contributed by atoms with van der Waals surface area (Å²) in [6, 6.07) is 11.2. The van der Waals surface area contributed by atoms with Crippen LogP contribution in [0.1, 0.15) is 17.4 Å². The summed E-state index contributed by atoms with van der Waals surface area (Å²) in [6.07, 6.45) is 0. The Labute approximate surface area is 127 Å². The Morgan fingerprint density at radius 1 is 1.19 bits per heavy atom. The van der Waals surface area contributed by atoms with Crippen molar-refractivity contribution in [3.8, 4) is 11.3 Å². The van der Waals surface area contributed by atoms with E-state index in [9.17, 15) is 13.2 Å². The van der Waals surface area contributed by atoms with Crippen LogP contribution in [0.4, 0.5) is 0 Å². The molecule has 0 atom stereocenters. The van der Waals surface area contributed by atoms with Gasteiger partial charge < -0.3 is 4.74 Å². The second-order valence-corrected chi connectivity index (χ2v) is 6.60. The van der Waals surface area contributed by atoms with Gasteiger partial charge in [0.05, 0.1) is 12.3 Å². The number of pyridine rings is 1. The van der Waals surface area contributed by atoms with Crippen LogP contribution >= 0.6 is 10.7 Å². The van der Waals surface area contributed by atoms with Gasteiger partial charge in [-0.05, 0) is 19.1 Å². The van der Waals surface area contributed by atoms with Crippen molar-refractivity contribution in [1.29, 1.82) is 0 Å². The van der Waals surface area contributed by atoms with E-state index in [-0.39, 0.29) is 22.9 Å². The van der Waals surface area contributed by atoms with E-state index in [0.717, 1.165) is 0 Å². The molecule has 0 saturated heterocycles. The molecule has 1 aromatic heterocycles. The van der Waals surface area contributed by atoms with Crippen LogP contribution in [0.5, 0.6) is 0 Å². The molecule has 2 aromatic rings. The second-order valence-electron chi connectivity index (χ2n) is 4.07. The van der Waals surface area contributed by atoms with Crippen molar-refractivity contribution in [1.82, 2.24) is 4.98 Å². The molecule has 1 aromatic carbocycles. The third-order valence-electron chi connectivity index (χ3n) is 2.65. The Morgan fingerprint density at radius 2 is 1.86 bits per heavy atom. The summed E-state index contributed by atoms with van der Waals surface area (Å²) in [5, 5.41) is 0. The molecule has 0 unspecified atom stereocenters. The molecule has 0 N–H and O–H groups in total. The maximum Gasteiger partial charge on any atom is 0.356 e. The molecule has 1 heterocycles. The van der Waals surface area contributed by atoms with Gasteiger partial charge in [-0.3, -0.25) is 0 Å². The zero-order valence-electron chi connectivity index (χ0n) is 11.1. The van der Waals surface area contributed by atoms with Gasteiger partial charge in [0.2, 0.25) is 0 Å². The minimum absolute atomic E-state index is 0.0276. The fourth-order valence-corrected chi connectivity index (χ4v) is 2.76. The maximum absolute atomic E-state index is 11.7. The number of benzene rings is 1. The highest BCUT2D eigenvalue weighted by Crippen LogP contribution is 2.28. The van der Waals surface area contributed by atoms with E-state index in [0.29, 0.717) is 5.56 Å². The Bertz CT molecular complexity index is 760. The SMILES string of the molecule is CCOC(=O)c1ccc(S(=O)(=O)Cl)c(-c2ccccc2)n1. The molecule has 5 nitrogen and oxygen atoms in total. The summed E-state index contributed by atoms with van der Waals surface area (Å²) >= 11 is 0. The van der Waals surface area contributed by atoms with Crippen molar-refractivity contribution in [3.63, 3.8) is 0 Å². The zero-order chi connectivity index (χ0) is 15.5. The van der Waals surface area contributed by atoms with Crippen molar-refractivity contribution in [3.05, 3.63) is 48.2 Å². The summed E-state index contributed by atoms with van der Waals surface area (Å²) in [5.74, 6) is -0.617. The number of ether oxygens (including phenoxy) is 1. The van der Waals surface area contributed by atoms with Crippen LogP contribution in [0.2, 0.25) is 0 Å². The van der Waals surface area contributed by atoms with Crippen LogP contribution in [0.3, 0.4) is 0 Å². The lowest BCUT2D eigenvalue weighted by Crippen LogP contribution is -2.09. The molecule has 0 aliphatic carbocycles. The van der Waals surface area contributed by atoms with Gasteiger partial charge in [-0.15, -0.1) is 0 Å². The highest BCUT2D eigenvalue weighted by Gasteiger charge is 2.21. The van der Waals surface area contributed by atoms with Gasteiger partial charge in [0.1, 0.15) is 10.6 Å². The van der Waals surface area contributed by atoms with Crippen molar-refractivity contribution < 1.29 is 17.9 Å². The van der Waals surface area contributed by atoms with Crippen LogP contribution in [0.25, 0.3) is 11.3 Å². The molecule has 2 rings (SSSR count). The highest BCUT2D eigenvalue weighted by atomic mass is 35.7. The lowest BCUT2D eigenvalue weighted by Gasteiger charge is -2.08. The first-order chi connectivity index (χ1) is 9.93. The van der Waals surface area contributed by atoms with Crippen LogP contribution < -0.4 is 0 Å². The lowest BCUT2D eigenvalue weighted by atomic mass is 10.1. The van der Waals surface area contributed by atoms with E-state index in [2.05, 4.69) is 4.98 Å². The lowest BCUT2D eigenvalue weighted by molar-refractivity contribution is 0.0519. The Balaban J connectivity index is 2.63. The fourth-order valence-electron chi connectivity index (χ4n) is 1.76. The molecule has 0 aliphatic heterocycles. The summed E-state index contributed by atoms with van der Waals surface area (Å²) < 4.78 is 28.1. The third kappa shape index (κ3) is 3.59. The largest absolute Gasteiger partial charge is 0.461 e. The number of rotatable bonds is 4. The first kappa shape index (κ1) is 15.5. The number of carbonyl (C=O) groups excluding carboxylic acids is 1. The van der Waals surface area contributed by atoms with E-state index in [1.165, 1.54) is 12.1 Å². The predicted molar refractivity (Wildman–Crippen MR) is 78.7 cm³/mol. The topological polar surface area (TPSA) is 73.3 Å². The standard InChI is InChI=1S/C14H12ClNO4S/c1-2-20-14(17)11-8-9-12(21(15,18)19)13(16-11)10-6-4-3-5-7-10/h3-9H,2H2,1H3. The third-order valence-corrected chi connectivity index (χ3v) is 4.01. The quantitative estimate of drug-likeness (QED) is 0.638. The number of hydrogen-bond donors (Lipinski definition) is 0. The Morgan fingerprint density at radius 3 is 2.43 bits per heavy atom. The van der Waals surface area contributed by atoms with E-state index >= 15 is 0 Å². The predicted octanol–water partition coefficient (Wildman–Crippen LogP) is 2.85. The van der Waals surface area contributed by atoms with Crippen molar-refractivity contribution in [2.24, 2.45) is 0 Å². The molecular weight excluding hydrogens is 314 g/mol. The van der Waals surface area contributed by atoms with Crippen LogP contribution in [0, 0.1) is 0 Å². The van der Waals surface area contributed by atoms with Crippen molar-refractivity contribution in [2.75, 3.05) is 6.61 Å². The van der Waals surface area contributed by atoms with Gasteiger partial charge in [-0.1, -0.05) is 30.3 Å². The van der Waals surface area contributed by atoms with Crippen LogP contribution in [0.15, 0.2) is 47.4 Å². The molecule has 0 aliphatic rings. The molecule has 110 valence electrons. The highest BCUT2D eigenvalue weighted by molar-refractivity contribution is 8.13. The number of nitrogens with zero attached hydrogens (tertiary/aromatic N) is 1. The number of aromatic nitrogens is 1. The maximum atomic E-state index is 11.7. The molecule has 7 heteroatoms. The Hall–Kier alpha value is -1.92. The van der Waals surface area contributed by atoms with Gasteiger partial charge in [-0.2, -0.15) is 0 Å². The fraction of sp³-hybridized carbons (Fsp3) is 0.143. The summed E-state index contributed by atoms with van der Waals surface area (Å²) in [7, 11) is 1.44. The molecular formula is C14H12ClNO4S. The van der Waals surface area contributed by atoms with E-state index in [1.54, 1.807) is 37.3 Å². The average molecular weight is 326 g/mol. The van der Waals surface area contributed by atoms with Crippen molar-refractivity contribution >= 4 is 25.7 Å². The number of hydrogen-bond acceptors (Lipinski definition) is 5. The minimum Gasteiger partial charge on any atom is -0.461 e. The first-order valence-corrected chi connectivity index (χ1v) is 8.42. The number of esters is 1. The zero-order valence-corrected chi connectivity index (χ0v) is 12.7. The molecule has 0 radical (unpaired) electrons. The summed E-state index contributed by atoms with van der Waals surface area (Å²) in [4.78, 5) is 15.7. The minimum atomic E-state index is -3.98. The smallest absolute Gasteiger partial charge is 0.356 e. The molecule has 21 heavy (non-hydrogen) atoms. The summed E-state index contributed by atoms with van der Waals surface area (Å²) in [5.41, 5.74) is 0.693. The average Bonchev–Trinajstić information content (AvgIpc) is 2.47. The van der Waals surface area contributed by atoms with Gasteiger partial charge in [0.25, 0.3) is 9.05 Å². The normalized spacial score (nSPS) is 11.1. The van der Waals surface area contributed by atoms with Gasteiger partial charge in [0.15, 0.2) is 0 Å². The first-order valence-electron chi connectivity index (χ1n) is 6.11. The van der Waals surface area contributed by atoms with Crippen molar-refractivity contribution in [2.45, 2.75) is 11.8 Å². The molecule has 0 fully saturated rings. The van der Waals surface area contributed by atoms with Crippen LogP contribution in [-0.4, -0.2) is 26.0 Å². The Kier molecular flexibility index (Phi) is 4.59. The monoisotopic (exact) mass is 325 g/mol.